The third-order valence-electron chi connectivity index (χ3n) is 4.07. The maximum Gasteiger partial charge on any atom is 0.253 e. The van der Waals surface area contributed by atoms with Gasteiger partial charge in [-0.25, -0.2) is 0 Å². The number of aliphatic hydroxyl groups excluding tert-OH is 1. The van der Waals surface area contributed by atoms with Gasteiger partial charge in [-0.1, -0.05) is 17.7 Å². The first kappa shape index (κ1) is 15.8. The smallest absolute Gasteiger partial charge is 0.253 e. The highest BCUT2D eigenvalue weighted by Crippen LogP contribution is 2.25. The Morgan fingerprint density at radius 2 is 1.78 bits per heavy atom. The first-order valence-corrected chi connectivity index (χ1v) is 7.93. The lowest BCUT2D eigenvalue weighted by Crippen LogP contribution is -2.51. The van der Waals surface area contributed by atoms with Gasteiger partial charge >= 0.3 is 0 Å². The average molecular weight is 336 g/mol. The normalized spacial score (nSPS) is 15.2. The molecule has 122 valence electrons. The second-order valence-corrected chi connectivity index (χ2v) is 5.92. The molecule has 1 fully saturated rings. The summed E-state index contributed by atoms with van der Waals surface area (Å²) in [4.78, 5) is 27.6. The van der Waals surface area contributed by atoms with E-state index in [-0.39, 0.29) is 13.2 Å². The fraction of sp³-hybridized carbons (Fsp3) is 0.375. The summed E-state index contributed by atoms with van der Waals surface area (Å²) < 4.78 is 0. The largest absolute Gasteiger partial charge is 0.395 e. The Kier molecular flexibility index (Phi) is 4.54. The number of rotatable bonds is 5. The molecule has 2 aromatic carbocycles. The van der Waals surface area contributed by atoms with E-state index in [1.165, 1.54) is 0 Å². The number of halogens is 1. The van der Waals surface area contributed by atoms with E-state index >= 15 is 0 Å². The molecule has 1 saturated heterocycles. The number of hydrogen-bond acceptors (Lipinski definition) is 6. The standard InChI is InChI=1S/C16H18ClN3O3/c17-11-2-1-3-12(10-11)19-5-7-20(8-6-19)14-13(18-4-9-21)15(22)16(14)23/h1-3,10,18,21H,4-9H2. The zero-order chi connectivity index (χ0) is 16.4. The van der Waals surface area contributed by atoms with Gasteiger partial charge in [-0.15, -0.1) is 0 Å². The SMILES string of the molecule is O=c1c(NCCO)c(N2CCN(c3cccc(Cl)c3)CC2)c1=O. The molecule has 1 heterocycles. The fourth-order valence-corrected chi connectivity index (χ4v) is 3.07. The topological polar surface area (TPSA) is 72.9 Å². The number of hydrogen-bond donors (Lipinski definition) is 2. The van der Waals surface area contributed by atoms with Crippen LogP contribution in [0.15, 0.2) is 33.9 Å². The summed E-state index contributed by atoms with van der Waals surface area (Å²) in [7, 11) is 0. The Hall–Kier alpha value is -2.05. The quantitative estimate of drug-likeness (QED) is 0.782. The molecule has 6 nitrogen and oxygen atoms in total. The van der Waals surface area contributed by atoms with Crippen LogP contribution < -0.4 is 26.0 Å². The highest BCUT2D eigenvalue weighted by atomic mass is 35.5. The van der Waals surface area contributed by atoms with Gasteiger partial charge in [0.1, 0.15) is 11.4 Å². The van der Waals surface area contributed by atoms with E-state index in [0.29, 0.717) is 29.5 Å². The summed E-state index contributed by atoms with van der Waals surface area (Å²) in [6.45, 7) is 2.99. The zero-order valence-corrected chi connectivity index (χ0v) is 13.3. The van der Waals surface area contributed by atoms with Gasteiger partial charge in [0, 0.05) is 43.4 Å². The Balaban J connectivity index is 1.69. The molecule has 1 aliphatic heterocycles. The fourth-order valence-electron chi connectivity index (χ4n) is 2.89. The van der Waals surface area contributed by atoms with Crippen LogP contribution >= 0.6 is 11.6 Å². The predicted octanol–water partition coefficient (Wildman–Crippen LogP) is 0.667. The molecule has 2 N–H and O–H groups in total. The van der Waals surface area contributed by atoms with Crippen molar-refractivity contribution in [3.8, 4) is 0 Å². The van der Waals surface area contributed by atoms with Crippen LogP contribution in [0.4, 0.5) is 17.1 Å². The van der Waals surface area contributed by atoms with Gasteiger partial charge in [0.25, 0.3) is 10.9 Å². The van der Waals surface area contributed by atoms with Gasteiger partial charge in [-0.05, 0) is 18.2 Å². The van der Waals surface area contributed by atoms with E-state index < -0.39 is 10.9 Å². The monoisotopic (exact) mass is 335 g/mol. The van der Waals surface area contributed by atoms with Gasteiger partial charge in [0.15, 0.2) is 0 Å². The lowest BCUT2D eigenvalue weighted by Gasteiger charge is -2.38. The number of nitrogens with zero attached hydrogens (tertiary/aromatic N) is 2. The van der Waals surface area contributed by atoms with Gasteiger partial charge in [0.05, 0.1) is 6.61 Å². The van der Waals surface area contributed by atoms with Crippen LogP contribution in [0.3, 0.4) is 0 Å². The Morgan fingerprint density at radius 3 is 2.43 bits per heavy atom. The van der Waals surface area contributed by atoms with Gasteiger partial charge < -0.3 is 20.2 Å². The summed E-state index contributed by atoms with van der Waals surface area (Å²) in [6.07, 6.45) is 0. The minimum atomic E-state index is -0.495. The molecule has 0 aromatic heterocycles. The van der Waals surface area contributed by atoms with Crippen LogP contribution in [0.2, 0.25) is 5.02 Å². The molecule has 7 heteroatoms. The minimum Gasteiger partial charge on any atom is -0.395 e. The molecule has 0 saturated carbocycles. The van der Waals surface area contributed by atoms with Crippen molar-refractivity contribution < 1.29 is 5.11 Å². The Labute approximate surface area is 138 Å². The van der Waals surface area contributed by atoms with E-state index in [0.717, 1.165) is 18.8 Å². The molecule has 0 aliphatic carbocycles. The van der Waals surface area contributed by atoms with Gasteiger partial charge in [-0.2, -0.15) is 0 Å². The molecule has 0 unspecified atom stereocenters. The Bertz CT molecular complexity index is 762. The summed E-state index contributed by atoms with van der Waals surface area (Å²) in [5, 5.41) is 12.4. The predicted molar refractivity (Wildman–Crippen MR) is 92.8 cm³/mol. The summed E-state index contributed by atoms with van der Waals surface area (Å²) >= 11 is 6.02. The third-order valence-corrected chi connectivity index (χ3v) is 4.30. The van der Waals surface area contributed by atoms with E-state index in [2.05, 4.69) is 10.2 Å². The first-order chi connectivity index (χ1) is 11.1. The zero-order valence-electron chi connectivity index (χ0n) is 12.6. The highest BCUT2D eigenvalue weighted by Gasteiger charge is 2.28. The number of piperazine rings is 1. The average Bonchev–Trinajstić information content (AvgIpc) is 2.58. The van der Waals surface area contributed by atoms with E-state index in [1.807, 2.05) is 29.2 Å². The number of aliphatic hydroxyl groups is 1. The van der Waals surface area contributed by atoms with Crippen LogP contribution in [0.25, 0.3) is 0 Å². The summed E-state index contributed by atoms with van der Waals surface area (Å²) in [6, 6.07) is 7.68. The maximum absolute atomic E-state index is 11.8. The van der Waals surface area contributed by atoms with E-state index in [1.54, 1.807) is 0 Å². The lowest BCUT2D eigenvalue weighted by atomic mass is 10.1. The minimum absolute atomic E-state index is 0.0825. The van der Waals surface area contributed by atoms with Crippen LogP contribution in [0.5, 0.6) is 0 Å². The highest BCUT2D eigenvalue weighted by molar-refractivity contribution is 6.30. The molecular weight excluding hydrogens is 318 g/mol. The van der Waals surface area contributed by atoms with Crippen molar-refractivity contribution in [3.05, 3.63) is 49.7 Å². The van der Waals surface area contributed by atoms with Crippen LogP contribution in [0.1, 0.15) is 0 Å². The molecule has 2 aromatic rings. The van der Waals surface area contributed by atoms with Crippen LogP contribution in [-0.2, 0) is 0 Å². The van der Waals surface area contributed by atoms with Crippen molar-refractivity contribution in [1.29, 1.82) is 0 Å². The molecule has 1 aliphatic rings. The molecule has 0 atom stereocenters. The number of benzene rings is 1. The van der Waals surface area contributed by atoms with Crippen molar-refractivity contribution in [1.82, 2.24) is 0 Å². The van der Waals surface area contributed by atoms with Gasteiger partial charge in [0.2, 0.25) is 0 Å². The van der Waals surface area contributed by atoms with Crippen LogP contribution in [-0.4, -0.2) is 44.4 Å². The number of nitrogens with one attached hydrogen (secondary N) is 1. The molecule has 23 heavy (non-hydrogen) atoms. The molecule has 0 amide bonds. The molecule has 0 spiro atoms. The molecule has 0 bridgehead atoms. The Morgan fingerprint density at radius 1 is 1.09 bits per heavy atom. The molecule has 0 radical (unpaired) electrons. The first-order valence-electron chi connectivity index (χ1n) is 7.55. The second kappa shape index (κ2) is 6.60. The van der Waals surface area contributed by atoms with E-state index in [9.17, 15) is 9.59 Å². The summed E-state index contributed by atoms with van der Waals surface area (Å²) in [5.74, 6) is 0. The van der Waals surface area contributed by atoms with Gasteiger partial charge in [-0.3, -0.25) is 9.59 Å². The van der Waals surface area contributed by atoms with Crippen molar-refractivity contribution in [2.45, 2.75) is 0 Å². The third kappa shape index (κ3) is 3.04. The lowest BCUT2D eigenvalue weighted by molar-refractivity contribution is 0.311. The molecular formula is C16H18ClN3O3. The van der Waals surface area contributed by atoms with Crippen molar-refractivity contribution in [3.63, 3.8) is 0 Å². The van der Waals surface area contributed by atoms with Crippen LogP contribution in [0, 0.1) is 0 Å². The number of anilines is 3. The van der Waals surface area contributed by atoms with Crippen molar-refractivity contribution >= 4 is 28.7 Å². The maximum atomic E-state index is 11.8. The van der Waals surface area contributed by atoms with Crippen molar-refractivity contribution in [2.24, 2.45) is 0 Å². The second-order valence-electron chi connectivity index (χ2n) is 5.49. The molecule has 3 rings (SSSR count). The van der Waals surface area contributed by atoms with E-state index in [4.69, 9.17) is 16.7 Å². The van der Waals surface area contributed by atoms with Crippen molar-refractivity contribution in [2.75, 3.05) is 54.4 Å². The summed E-state index contributed by atoms with van der Waals surface area (Å²) in [5.41, 5.74) is 0.905.